The number of carbonyl (C=O) groups excluding carboxylic acids is 1. The van der Waals surface area contributed by atoms with Crippen molar-refractivity contribution in [2.45, 2.75) is 12.8 Å². The predicted octanol–water partition coefficient (Wildman–Crippen LogP) is 3.09. The zero-order valence-electron chi connectivity index (χ0n) is 8.06. The zero-order valence-corrected chi connectivity index (χ0v) is 9.57. The summed E-state index contributed by atoms with van der Waals surface area (Å²) in [4.78, 5) is 11.4. The molecule has 0 saturated carbocycles. The van der Waals surface area contributed by atoms with Crippen LogP contribution in [0.25, 0.3) is 0 Å². The molecular formula is C11H10Cl2O2. The fraction of sp³-hybridized carbons (Fsp3) is 0.364. The summed E-state index contributed by atoms with van der Waals surface area (Å²) in [5.41, 5.74) is 1.65. The molecule has 4 heteroatoms. The summed E-state index contributed by atoms with van der Waals surface area (Å²) in [5, 5.41) is 0.559. The van der Waals surface area contributed by atoms with Crippen LogP contribution >= 0.6 is 23.2 Å². The van der Waals surface area contributed by atoms with Crippen LogP contribution in [0, 0.1) is 0 Å². The first-order valence-corrected chi connectivity index (χ1v) is 5.68. The molecule has 2 rings (SSSR count). The molecule has 0 atom stereocenters. The Morgan fingerprint density at radius 2 is 2.13 bits per heavy atom. The molecule has 0 saturated heterocycles. The maximum Gasteiger partial charge on any atom is 0.163 e. The molecule has 1 aliphatic rings. The highest BCUT2D eigenvalue weighted by atomic mass is 35.5. The van der Waals surface area contributed by atoms with Crippen LogP contribution in [0.3, 0.4) is 0 Å². The summed E-state index contributed by atoms with van der Waals surface area (Å²) >= 11 is 11.7. The van der Waals surface area contributed by atoms with Gasteiger partial charge in [-0.3, -0.25) is 4.79 Å². The number of carbonyl (C=O) groups is 1. The fourth-order valence-electron chi connectivity index (χ4n) is 1.74. The molecule has 0 bridgehead atoms. The van der Waals surface area contributed by atoms with Crippen molar-refractivity contribution in [3.8, 4) is 5.75 Å². The van der Waals surface area contributed by atoms with E-state index >= 15 is 0 Å². The summed E-state index contributed by atoms with van der Waals surface area (Å²) in [7, 11) is 0. The van der Waals surface area contributed by atoms with Gasteiger partial charge in [-0.1, -0.05) is 11.6 Å². The molecule has 0 amide bonds. The summed E-state index contributed by atoms with van der Waals surface area (Å²) < 4.78 is 5.37. The smallest absolute Gasteiger partial charge is 0.163 e. The van der Waals surface area contributed by atoms with E-state index in [4.69, 9.17) is 27.9 Å². The first kappa shape index (κ1) is 10.8. The maximum atomic E-state index is 11.4. The normalized spacial score (nSPS) is 14.1. The van der Waals surface area contributed by atoms with E-state index in [9.17, 15) is 4.79 Å². The topological polar surface area (TPSA) is 26.3 Å². The van der Waals surface area contributed by atoms with Gasteiger partial charge in [-0.2, -0.15) is 0 Å². The van der Waals surface area contributed by atoms with Crippen molar-refractivity contribution < 1.29 is 9.53 Å². The molecule has 0 spiro atoms. The van der Waals surface area contributed by atoms with Crippen molar-refractivity contribution in [1.29, 1.82) is 0 Å². The highest BCUT2D eigenvalue weighted by Gasteiger charge is 2.23. The Bertz CT molecular complexity index is 402. The second-order valence-corrected chi connectivity index (χ2v) is 4.12. The van der Waals surface area contributed by atoms with Gasteiger partial charge < -0.3 is 4.74 Å². The molecule has 0 fully saturated rings. The lowest BCUT2D eigenvalue weighted by molar-refractivity contribution is 0.0994. The summed E-state index contributed by atoms with van der Waals surface area (Å²) in [5.74, 6) is 1.20. The minimum Gasteiger partial charge on any atom is -0.491 e. The van der Waals surface area contributed by atoms with Gasteiger partial charge in [-0.15, -0.1) is 11.6 Å². The van der Waals surface area contributed by atoms with Gasteiger partial charge in [0.15, 0.2) is 5.78 Å². The quantitative estimate of drug-likeness (QED) is 0.765. The van der Waals surface area contributed by atoms with Crippen LogP contribution in [-0.2, 0) is 6.42 Å². The van der Waals surface area contributed by atoms with Crippen LogP contribution in [0.2, 0.25) is 5.02 Å². The largest absolute Gasteiger partial charge is 0.491 e. The molecule has 15 heavy (non-hydrogen) atoms. The lowest BCUT2D eigenvalue weighted by atomic mass is 10.1. The van der Waals surface area contributed by atoms with E-state index in [2.05, 4.69) is 0 Å². The van der Waals surface area contributed by atoms with Gasteiger partial charge >= 0.3 is 0 Å². The zero-order chi connectivity index (χ0) is 10.8. The summed E-state index contributed by atoms with van der Waals surface area (Å²) in [6, 6.07) is 3.51. The third-order valence-corrected chi connectivity index (χ3v) is 3.01. The van der Waals surface area contributed by atoms with E-state index in [0.29, 0.717) is 36.1 Å². The highest BCUT2D eigenvalue weighted by Crippen LogP contribution is 2.35. The Morgan fingerprint density at radius 3 is 2.87 bits per heavy atom. The molecule has 0 N–H and O–H groups in total. The van der Waals surface area contributed by atoms with Crippen molar-refractivity contribution in [3.05, 3.63) is 28.3 Å². The van der Waals surface area contributed by atoms with Crippen LogP contribution in [0.15, 0.2) is 12.1 Å². The van der Waals surface area contributed by atoms with E-state index in [1.165, 1.54) is 0 Å². The lowest BCUT2D eigenvalue weighted by Gasteiger charge is -2.09. The van der Waals surface area contributed by atoms with Crippen LogP contribution in [0.5, 0.6) is 5.75 Å². The van der Waals surface area contributed by atoms with Crippen molar-refractivity contribution in [1.82, 2.24) is 0 Å². The van der Waals surface area contributed by atoms with E-state index in [-0.39, 0.29) is 5.78 Å². The van der Waals surface area contributed by atoms with Crippen LogP contribution in [-0.4, -0.2) is 18.3 Å². The Hall–Kier alpha value is -0.730. The molecule has 80 valence electrons. The molecule has 1 aromatic carbocycles. The molecule has 2 nitrogen and oxygen atoms in total. The average Bonchev–Trinajstić information content (AvgIpc) is 2.61. The molecule has 0 aliphatic heterocycles. The standard InChI is InChI=1S/C11H10Cl2O2/c12-5-6-15-10-4-2-7-8(11(10)13)1-3-9(7)14/h2,4H,1,3,5-6H2. The second kappa shape index (κ2) is 4.42. The predicted molar refractivity (Wildman–Crippen MR) is 60.3 cm³/mol. The SMILES string of the molecule is O=C1CCc2c1ccc(OCCCl)c2Cl. The van der Waals surface area contributed by atoms with Crippen molar-refractivity contribution in [3.63, 3.8) is 0 Å². The lowest BCUT2D eigenvalue weighted by Crippen LogP contribution is -2.00. The molecule has 0 radical (unpaired) electrons. The van der Waals surface area contributed by atoms with E-state index in [0.717, 1.165) is 11.1 Å². The van der Waals surface area contributed by atoms with E-state index < -0.39 is 0 Å². The Kier molecular flexibility index (Phi) is 3.17. The van der Waals surface area contributed by atoms with Crippen molar-refractivity contribution in [2.24, 2.45) is 0 Å². The van der Waals surface area contributed by atoms with Crippen LogP contribution in [0.1, 0.15) is 22.3 Å². The fourth-order valence-corrected chi connectivity index (χ4v) is 2.13. The van der Waals surface area contributed by atoms with Gasteiger partial charge in [-0.25, -0.2) is 0 Å². The van der Waals surface area contributed by atoms with Crippen LogP contribution in [0.4, 0.5) is 0 Å². The number of Topliss-reactive ketones (excluding diaryl/α,β-unsaturated/α-hetero) is 1. The number of hydrogen-bond donors (Lipinski definition) is 0. The molecule has 1 aromatic rings. The summed E-state index contributed by atoms with van der Waals surface area (Å²) in [6.07, 6.45) is 1.26. The third kappa shape index (κ3) is 1.97. The minimum absolute atomic E-state index is 0.163. The van der Waals surface area contributed by atoms with Crippen molar-refractivity contribution >= 4 is 29.0 Å². The second-order valence-electron chi connectivity index (χ2n) is 3.36. The first-order chi connectivity index (χ1) is 7.24. The number of rotatable bonds is 3. The number of hydrogen-bond acceptors (Lipinski definition) is 2. The Morgan fingerprint density at radius 1 is 1.33 bits per heavy atom. The number of ether oxygens (including phenoxy) is 1. The molecular weight excluding hydrogens is 235 g/mol. The van der Waals surface area contributed by atoms with Gasteiger partial charge in [0.2, 0.25) is 0 Å². The Balaban J connectivity index is 2.33. The molecule has 0 aromatic heterocycles. The van der Waals surface area contributed by atoms with Gasteiger partial charge in [0.1, 0.15) is 12.4 Å². The number of ketones is 1. The van der Waals surface area contributed by atoms with Gasteiger partial charge in [0.25, 0.3) is 0 Å². The number of halogens is 2. The molecule has 0 heterocycles. The van der Waals surface area contributed by atoms with Crippen LogP contribution < -0.4 is 4.74 Å². The summed E-state index contributed by atoms with van der Waals surface area (Å²) in [6.45, 7) is 0.425. The molecule has 1 aliphatic carbocycles. The van der Waals surface area contributed by atoms with E-state index in [1.807, 2.05) is 0 Å². The average molecular weight is 245 g/mol. The third-order valence-electron chi connectivity index (χ3n) is 2.44. The minimum atomic E-state index is 0.163. The Labute approximate surface area is 98.1 Å². The van der Waals surface area contributed by atoms with Gasteiger partial charge in [0.05, 0.1) is 10.9 Å². The number of fused-ring (bicyclic) bond motifs is 1. The number of alkyl halides is 1. The first-order valence-electron chi connectivity index (χ1n) is 4.77. The van der Waals surface area contributed by atoms with Gasteiger partial charge in [-0.05, 0) is 24.1 Å². The van der Waals surface area contributed by atoms with Gasteiger partial charge in [0, 0.05) is 12.0 Å². The van der Waals surface area contributed by atoms with E-state index in [1.54, 1.807) is 12.1 Å². The van der Waals surface area contributed by atoms with Crippen molar-refractivity contribution in [2.75, 3.05) is 12.5 Å². The highest BCUT2D eigenvalue weighted by molar-refractivity contribution is 6.33. The monoisotopic (exact) mass is 244 g/mol. The maximum absolute atomic E-state index is 11.4. The molecule has 0 unspecified atom stereocenters. The number of benzene rings is 1.